The number of carbonyl (C=O) groups excluding carboxylic acids is 1. The van der Waals surface area contributed by atoms with Crippen molar-refractivity contribution in [3.63, 3.8) is 0 Å². The summed E-state index contributed by atoms with van der Waals surface area (Å²) < 4.78 is 39.6. The van der Waals surface area contributed by atoms with E-state index < -0.39 is 24.4 Å². The van der Waals surface area contributed by atoms with Crippen molar-refractivity contribution in [3.05, 3.63) is 47.8 Å². The number of rotatable bonds is 5. The van der Waals surface area contributed by atoms with Crippen molar-refractivity contribution in [2.75, 3.05) is 18.6 Å². The first-order valence-corrected chi connectivity index (χ1v) is 6.89. The van der Waals surface area contributed by atoms with Crippen LogP contribution >= 0.6 is 0 Å². The SMILES string of the molecule is CN(C(=O)Cn1cc(CCO)c(C(F)(F)F)n1)c1ccccc1. The first kappa shape index (κ1) is 17.0. The van der Waals surface area contributed by atoms with Gasteiger partial charge in [-0.05, 0) is 18.6 Å². The number of aromatic nitrogens is 2. The van der Waals surface area contributed by atoms with Crippen molar-refractivity contribution in [2.45, 2.75) is 19.1 Å². The molecule has 0 bridgehead atoms. The number of hydrogen-bond acceptors (Lipinski definition) is 3. The van der Waals surface area contributed by atoms with Crippen molar-refractivity contribution in [3.8, 4) is 0 Å². The number of alkyl halides is 3. The lowest BCUT2D eigenvalue weighted by molar-refractivity contribution is -0.142. The number of halogens is 3. The Balaban J connectivity index is 2.18. The average molecular weight is 327 g/mol. The molecule has 0 aliphatic carbocycles. The number of benzene rings is 1. The minimum atomic E-state index is -4.62. The highest BCUT2D eigenvalue weighted by molar-refractivity contribution is 5.92. The summed E-state index contributed by atoms with van der Waals surface area (Å²) >= 11 is 0. The van der Waals surface area contributed by atoms with Gasteiger partial charge in [-0.2, -0.15) is 18.3 Å². The fraction of sp³-hybridized carbons (Fsp3) is 0.333. The Morgan fingerprint density at radius 1 is 1.30 bits per heavy atom. The smallest absolute Gasteiger partial charge is 0.396 e. The highest BCUT2D eigenvalue weighted by atomic mass is 19.4. The van der Waals surface area contributed by atoms with Crippen LogP contribution < -0.4 is 4.90 Å². The van der Waals surface area contributed by atoms with Crippen LogP contribution in [-0.4, -0.2) is 34.4 Å². The van der Waals surface area contributed by atoms with Crippen molar-refractivity contribution in [1.29, 1.82) is 0 Å². The van der Waals surface area contributed by atoms with Crippen LogP contribution in [0.1, 0.15) is 11.3 Å². The van der Waals surface area contributed by atoms with E-state index in [1.807, 2.05) is 0 Å². The van der Waals surface area contributed by atoms with Gasteiger partial charge in [-0.3, -0.25) is 9.48 Å². The number of carbonyl (C=O) groups is 1. The molecule has 2 aromatic rings. The van der Waals surface area contributed by atoms with Gasteiger partial charge in [0.15, 0.2) is 5.69 Å². The third-order valence-electron chi connectivity index (χ3n) is 3.30. The van der Waals surface area contributed by atoms with E-state index >= 15 is 0 Å². The Hall–Kier alpha value is -2.35. The highest BCUT2D eigenvalue weighted by Gasteiger charge is 2.37. The van der Waals surface area contributed by atoms with Gasteiger partial charge < -0.3 is 10.0 Å². The second kappa shape index (κ2) is 6.82. The molecule has 1 amide bonds. The van der Waals surface area contributed by atoms with E-state index in [2.05, 4.69) is 5.10 Å². The number of aliphatic hydroxyl groups excluding tert-OH is 1. The molecule has 0 aliphatic heterocycles. The van der Waals surface area contributed by atoms with Gasteiger partial charge in [0.2, 0.25) is 5.91 Å². The number of nitrogens with zero attached hydrogens (tertiary/aromatic N) is 3. The topological polar surface area (TPSA) is 58.4 Å². The molecule has 8 heteroatoms. The maximum atomic E-state index is 12.9. The van der Waals surface area contributed by atoms with Gasteiger partial charge in [0.1, 0.15) is 6.54 Å². The zero-order valence-electron chi connectivity index (χ0n) is 12.4. The summed E-state index contributed by atoms with van der Waals surface area (Å²) in [5, 5.41) is 12.3. The Morgan fingerprint density at radius 2 is 1.96 bits per heavy atom. The third kappa shape index (κ3) is 4.10. The quantitative estimate of drug-likeness (QED) is 0.915. The minimum absolute atomic E-state index is 0.129. The normalized spacial score (nSPS) is 11.5. The Morgan fingerprint density at radius 3 is 2.52 bits per heavy atom. The lowest BCUT2D eigenvalue weighted by Gasteiger charge is -2.17. The number of likely N-dealkylation sites (N-methyl/N-ethyl adjacent to an activating group) is 1. The molecule has 0 saturated carbocycles. The lowest BCUT2D eigenvalue weighted by Crippen LogP contribution is -2.30. The van der Waals surface area contributed by atoms with Crippen LogP contribution in [0.3, 0.4) is 0 Å². The number of aliphatic hydroxyl groups is 1. The molecule has 0 unspecified atom stereocenters. The van der Waals surface area contributed by atoms with E-state index in [1.54, 1.807) is 37.4 Å². The molecule has 0 radical (unpaired) electrons. The predicted octanol–water partition coefficient (Wildman–Crippen LogP) is 2.10. The maximum absolute atomic E-state index is 12.9. The van der Waals surface area contributed by atoms with Gasteiger partial charge in [0, 0.05) is 31.1 Å². The molecule has 1 N–H and O–H groups in total. The van der Waals surface area contributed by atoms with E-state index in [1.165, 1.54) is 4.90 Å². The lowest BCUT2D eigenvalue weighted by atomic mass is 10.2. The molecule has 0 fully saturated rings. The summed E-state index contributed by atoms with van der Waals surface area (Å²) in [7, 11) is 1.54. The Kier molecular flexibility index (Phi) is 5.05. The zero-order valence-corrected chi connectivity index (χ0v) is 12.4. The fourth-order valence-electron chi connectivity index (χ4n) is 2.13. The summed E-state index contributed by atoms with van der Waals surface area (Å²) in [5.41, 5.74) is -0.562. The van der Waals surface area contributed by atoms with Gasteiger partial charge in [-0.1, -0.05) is 18.2 Å². The van der Waals surface area contributed by atoms with Gasteiger partial charge in [-0.15, -0.1) is 0 Å². The van der Waals surface area contributed by atoms with Crippen LogP contribution in [0.2, 0.25) is 0 Å². The van der Waals surface area contributed by atoms with E-state index in [0.29, 0.717) is 5.69 Å². The maximum Gasteiger partial charge on any atom is 0.435 e. The van der Waals surface area contributed by atoms with Gasteiger partial charge in [-0.25, -0.2) is 0 Å². The van der Waals surface area contributed by atoms with E-state index in [0.717, 1.165) is 10.9 Å². The summed E-state index contributed by atoms with van der Waals surface area (Å²) in [6, 6.07) is 8.76. The van der Waals surface area contributed by atoms with Crippen molar-refractivity contribution in [2.24, 2.45) is 0 Å². The van der Waals surface area contributed by atoms with Crippen molar-refractivity contribution >= 4 is 11.6 Å². The van der Waals surface area contributed by atoms with Crippen LogP contribution in [0.25, 0.3) is 0 Å². The van der Waals surface area contributed by atoms with E-state index in [9.17, 15) is 18.0 Å². The largest absolute Gasteiger partial charge is 0.435 e. The monoisotopic (exact) mass is 327 g/mol. The number of anilines is 1. The van der Waals surface area contributed by atoms with Crippen LogP contribution in [-0.2, 0) is 23.9 Å². The van der Waals surface area contributed by atoms with Crippen molar-refractivity contribution in [1.82, 2.24) is 9.78 Å². The molecule has 0 saturated heterocycles. The van der Waals surface area contributed by atoms with Crippen LogP contribution in [0.15, 0.2) is 36.5 Å². The van der Waals surface area contributed by atoms with Gasteiger partial charge in [0.25, 0.3) is 0 Å². The van der Waals surface area contributed by atoms with E-state index in [-0.39, 0.29) is 18.5 Å². The number of amides is 1. The molecule has 0 atom stereocenters. The van der Waals surface area contributed by atoms with Crippen LogP contribution in [0.4, 0.5) is 18.9 Å². The summed E-state index contributed by atoms with van der Waals surface area (Å²) in [6.45, 7) is -0.744. The molecule has 124 valence electrons. The van der Waals surface area contributed by atoms with Crippen molar-refractivity contribution < 1.29 is 23.1 Å². The predicted molar refractivity (Wildman–Crippen MR) is 77.9 cm³/mol. The molecule has 1 heterocycles. The third-order valence-corrected chi connectivity index (χ3v) is 3.30. The first-order chi connectivity index (χ1) is 10.8. The number of para-hydroxylation sites is 1. The molecular formula is C15H16F3N3O2. The summed E-state index contributed by atoms with van der Waals surface area (Å²) in [6.07, 6.45) is -3.64. The first-order valence-electron chi connectivity index (χ1n) is 6.89. The second-order valence-electron chi connectivity index (χ2n) is 4.96. The van der Waals surface area contributed by atoms with Crippen LogP contribution in [0, 0.1) is 0 Å². The standard InChI is InChI=1S/C15H16F3N3O2/c1-20(12-5-3-2-4-6-12)13(23)10-21-9-11(7-8-22)14(19-21)15(16,17)18/h2-6,9,22H,7-8,10H2,1H3. The number of hydrogen-bond donors (Lipinski definition) is 1. The van der Waals surface area contributed by atoms with Gasteiger partial charge >= 0.3 is 6.18 Å². The average Bonchev–Trinajstić information content (AvgIpc) is 2.90. The molecule has 2 rings (SSSR count). The van der Waals surface area contributed by atoms with Gasteiger partial charge in [0.05, 0.1) is 0 Å². The summed E-state index contributed by atoms with van der Waals surface area (Å²) in [5.74, 6) is -0.400. The molecular weight excluding hydrogens is 311 g/mol. The van der Waals surface area contributed by atoms with E-state index in [4.69, 9.17) is 5.11 Å². The summed E-state index contributed by atoms with van der Waals surface area (Å²) in [4.78, 5) is 13.5. The molecule has 1 aromatic heterocycles. The second-order valence-corrected chi connectivity index (χ2v) is 4.96. The highest BCUT2D eigenvalue weighted by Crippen LogP contribution is 2.30. The Bertz CT molecular complexity index is 668. The molecule has 0 spiro atoms. The zero-order chi connectivity index (χ0) is 17.0. The minimum Gasteiger partial charge on any atom is -0.396 e. The molecule has 0 aliphatic rings. The Labute approximate surface area is 130 Å². The fourth-order valence-corrected chi connectivity index (χ4v) is 2.13. The molecule has 1 aromatic carbocycles. The molecule has 23 heavy (non-hydrogen) atoms. The molecule has 5 nitrogen and oxygen atoms in total. The van der Waals surface area contributed by atoms with Crippen LogP contribution in [0.5, 0.6) is 0 Å².